The first kappa shape index (κ1) is 16.4. The van der Waals surface area contributed by atoms with E-state index in [9.17, 15) is 21.6 Å². The molecule has 1 aromatic heterocycles. The van der Waals surface area contributed by atoms with Crippen LogP contribution in [0.25, 0.3) is 0 Å². The minimum Gasteiger partial charge on any atom is -0.310 e. The second-order valence-electron chi connectivity index (χ2n) is 4.20. The van der Waals surface area contributed by atoms with Crippen LogP contribution in [0.5, 0.6) is 0 Å². The molecule has 0 spiro atoms. The first-order chi connectivity index (χ1) is 8.60. The van der Waals surface area contributed by atoms with Crippen LogP contribution in [0.4, 0.5) is 13.2 Å². The second kappa shape index (κ2) is 6.21. The minimum absolute atomic E-state index is 0.114. The number of alkyl halides is 3. The largest absolute Gasteiger partial charge is 0.402 e. The molecule has 1 heterocycles. The number of rotatable bonds is 6. The lowest BCUT2D eigenvalue weighted by molar-refractivity contribution is -0.121. The van der Waals surface area contributed by atoms with Crippen molar-refractivity contribution >= 4 is 21.4 Å². The predicted octanol–water partition coefficient (Wildman–Crippen LogP) is 2.09. The summed E-state index contributed by atoms with van der Waals surface area (Å²) < 4.78 is 60.6. The molecular weight excluding hydrogens is 301 g/mol. The normalized spacial score (nSPS) is 13.2. The van der Waals surface area contributed by atoms with Gasteiger partial charge in [0.15, 0.2) is 0 Å². The molecule has 0 aromatic carbocycles. The predicted molar refractivity (Wildman–Crippen MR) is 67.5 cm³/mol. The molecule has 0 fully saturated rings. The van der Waals surface area contributed by atoms with Gasteiger partial charge in [-0.1, -0.05) is 13.8 Å². The maximum atomic E-state index is 12.0. The Hall–Kier alpha value is -0.640. The topological polar surface area (TPSA) is 58.2 Å². The van der Waals surface area contributed by atoms with E-state index >= 15 is 0 Å². The molecule has 0 unspecified atom stereocenters. The summed E-state index contributed by atoms with van der Waals surface area (Å²) in [5.41, 5.74) is 0. The zero-order chi connectivity index (χ0) is 14.7. The van der Waals surface area contributed by atoms with Gasteiger partial charge in [0.1, 0.15) is 10.8 Å². The van der Waals surface area contributed by atoms with Crippen LogP contribution in [0.3, 0.4) is 0 Å². The quantitative estimate of drug-likeness (QED) is 0.845. The Morgan fingerprint density at radius 3 is 2.47 bits per heavy atom. The zero-order valence-corrected chi connectivity index (χ0v) is 12.0. The second-order valence-corrected chi connectivity index (χ2v) is 7.36. The Balaban J connectivity index is 2.69. The molecule has 0 bridgehead atoms. The molecule has 0 saturated carbocycles. The van der Waals surface area contributed by atoms with Crippen molar-refractivity contribution in [1.29, 1.82) is 0 Å². The number of hydrogen-bond donors (Lipinski definition) is 2. The summed E-state index contributed by atoms with van der Waals surface area (Å²) in [6.45, 7) is 2.80. The monoisotopic (exact) mass is 316 g/mol. The highest BCUT2D eigenvalue weighted by atomic mass is 32.2. The van der Waals surface area contributed by atoms with Gasteiger partial charge in [-0.2, -0.15) is 13.2 Å². The van der Waals surface area contributed by atoms with Gasteiger partial charge in [0.05, 0.1) is 0 Å². The molecule has 19 heavy (non-hydrogen) atoms. The molecule has 0 atom stereocenters. The summed E-state index contributed by atoms with van der Waals surface area (Å²) in [5, 5.41) is 3.10. The molecule has 0 saturated heterocycles. The van der Waals surface area contributed by atoms with Crippen molar-refractivity contribution < 1.29 is 21.6 Å². The molecule has 0 aliphatic heterocycles. The Kier molecular flexibility index (Phi) is 5.36. The molecule has 0 radical (unpaired) electrons. The molecule has 110 valence electrons. The Morgan fingerprint density at radius 2 is 1.95 bits per heavy atom. The van der Waals surface area contributed by atoms with Gasteiger partial charge in [0, 0.05) is 17.5 Å². The van der Waals surface area contributed by atoms with Gasteiger partial charge in [-0.05, 0) is 12.1 Å². The van der Waals surface area contributed by atoms with Gasteiger partial charge in [-0.15, -0.1) is 11.3 Å². The SMILES string of the molecule is CC(C)NCc1ccc(S(=O)(=O)NCC(F)(F)F)s1. The average molecular weight is 316 g/mol. The molecule has 0 aliphatic rings. The highest BCUT2D eigenvalue weighted by molar-refractivity contribution is 7.91. The zero-order valence-electron chi connectivity index (χ0n) is 10.4. The van der Waals surface area contributed by atoms with Crippen molar-refractivity contribution in [3.05, 3.63) is 17.0 Å². The van der Waals surface area contributed by atoms with Gasteiger partial charge in [-0.25, -0.2) is 13.1 Å². The Morgan fingerprint density at radius 1 is 1.32 bits per heavy atom. The smallest absolute Gasteiger partial charge is 0.310 e. The molecular formula is C10H15F3N2O2S2. The van der Waals surface area contributed by atoms with E-state index in [0.29, 0.717) is 6.54 Å². The average Bonchev–Trinajstić information content (AvgIpc) is 2.72. The third-order valence-electron chi connectivity index (χ3n) is 2.05. The van der Waals surface area contributed by atoms with Gasteiger partial charge >= 0.3 is 6.18 Å². The highest BCUT2D eigenvalue weighted by Gasteiger charge is 2.30. The molecule has 2 N–H and O–H groups in total. The van der Waals surface area contributed by atoms with E-state index in [1.54, 1.807) is 6.07 Å². The van der Waals surface area contributed by atoms with E-state index < -0.39 is 22.7 Å². The van der Waals surface area contributed by atoms with Gasteiger partial charge in [0.25, 0.3) is 0 Å². The summed E-state index contributed by atoms with van der Waals surface area (Å²) in [6, 6.07) is 3.13. The van der Waals surface area contributed by atoms with Crippen LogP contribution in [-0.4, -0.2) is 27.2 Å². The Labute approximate surface area is 114 Å². The standard InChI is InChI=1S/C10H15F3N2O2S2/c1-7(2)14-5-8-3-4-9(18-8)19(16,17)15-6-10(11,12)13/h3-4,7,14-15H,5-6H2,1-2H3. The van der Waals surface area contributed by atoms with E-state index in [-0.39, 0.29) is 10.3 Å². The first-order valence-electron chi connectivity index (χ1n) is 5.49. The summed E-state index contributed by atoms with van der Waals surface area (Å²) in [4.78, 5) is 0.751. The van der Waals surface area contributed by atoms with E-state index in [0.717, 1.165) is 16.2 Å². The summed E-state index contributed by atoms with van der Waals surface area (Å²) in [7, 11) is -4.09. The van der Waals surface area contributed by atoms with Crippen molar-refractivity contribution in [2.45, 2.75) is 36.8 Å². The summed E-state index contributed by atoms with van der Waals surface area (Å²) in [6.07, 6.45) is -4.56. The maximum Gasteiger partial charge on any atom is 0.402 e. The first-order valence-corrected chi connectivity index (χ1v) is 7.78. The molecule has 0 amide bonds. The third-order valence-corrected chi connectivity index (χ3v) is 5.03. The molecule has 4 nitrogen and oxygen atoms in total. The molecule has 0 aliphatic carbocycles. The fraction of sp³-hybridized carbons (Fsp3) is 0.600. The maximum absolute atomic E-state index is 12.0. The van der Waals surface area contributed by atoms with Crippen LogP contribution < -0.4 is 10.0 Å². The summed E-state index contributed by atoms with van der Waals surface area (Å²) in [5.74, 6) is 0. The minimum atomic E-state index is -4.56. The highest BCUT2D eigenvalue weighted by Crippen LogP contribution is 2.22. The lowest BCUT2D eigenvalue weighted by Crippen LogP contribution is -2.33. The number of nitrogens with one attached hydrogen (secondary N) is 2. The van der Waals surface area contributed by atoms with E-state index in [1.807, 2.05) is 13.8 Å². The third kappa shape index (κ3) is 5.89. The van der Waals surface area contributed by atoms with E-state index in [1.165, 1.54) is 10.8 Å². The van der Waals surface area contributed by atoms with Gasteiger partial charge in [0.2, 0.25) is 10.0 Å². The van der Waals surface area contributed by atoms with Crippen LogP contribution in [0.1, 0.15) is 18.7 Å². The number of thiophene rings is 1. The lowest BCUT2D eigenvalue weighted by atomic mass is 10.4. The fourth-order valence-corrected chi connectivity index (χ4v) is 3.52. The van der Waals surface area contributed by atoms with Crippen LogP contribution in [-0.2, 0) is 16.6 Å². The molecule has 1 rings (SSSR count). The van der Waals surface area contributed by atoms with Crippen LogP contribution in [0.15, 0.2) is 16.3 Å². The van der Waals surface area contributed by atoms with Crippen molar-refractivity contribution in [2.75, 3.05) is 6.54 Å². The molecule has 1 aromatic rings. The number of hydrogen-bond acceptors (Lipinski definition) is 4. The van der Waals surface area contributed by atoms with E-state index in [2.05, 4.69) is 5.32 Å². The van der Waals surface area contributed by atoms with Crippen molar-refractivity contribution in [1.82, 2.24) is 10.0 Å². The number of sulfonamides is 1. The van der Waals surface area contributed by atoms with E-state index in [4.69, 9.17) is 0 Å². The van der Waals surface area contributed by atoms with Crippen LogP contribution >= 0.6 is 11.3 Å². The van der Waals surface area contributed by atoms with Crippen molar-refractivity contribution in [3.8, 4) is 0 Å². The lowest BCUT2D eigenvalue weighted by Gasteiger charge is -2.07. The van der Waals surface area contributed by atoms with Gasteiger partial charge in [-0.3, -0.25) is 0 Å². The number of halogens is 3. The van der Waals surface area contributed by atoms with Crippen LogP contribution in [0.2, 0.25) is 0 Å². The van der Waals surface area contributed by atoms with Crippen molar-refractivity contribution in [3.63, 3.8) is 0 Å². The summed E-state index contributed by atoms with van der Waals surface area (Å²) >= 11 is 0.952. The van der Waals surface area contributed by atoms with Gasteiger partial charge < -0.3 is 5.32 Å². The van der Waals surface area contributed by atoms with Crippen LogP contribution in [0, 0.1) is 0 Å². The Bertz CT molecular complexity index is 509. The molecule has 9 heteroatoms. The van der Waals surface area contributed by atoms with Crippen molar-refractivity contribution in [2.24, 2.45) is 0 Å². The fourth-order valence-electron chi connectivity index (χ4n) is 1.15.